The number of aliphatic hydroxyl groups is 11. The lowest BCUT2D eigenvalue weighted by molar-refractivity contribution is -0.379. The van der Waals surface area contributed by atoms with E-state index in [4.69, 9.17) is 28.4 Å². The predicted octanol–water partition coefficient (Wildman–Crippen LogP) is 9.55. The minimum atomic E-state index is -1.98. The third kappa shape index (κ3) is 34.2. The Kier molecular flexibility index (Phi) is 47.9. The largest absolute Gasteiger partial charge is 0.394 e. The Bertz CT molecular complexity index is 1870. The van der Waals surface area contributed by atoms with Gasteiger partial charge in [0, 0.05) is 6.42 Å². The summed E-state index contributed by atoms with van der Waals surface area (Å²) in [7, 11) is 0. The van der Waals surface area contributed by atoms with Gasteiger partial charge < -0.3 is 89.9 Å². The summed E-state index contributed by atoms with van der Waals surface area (Å²) in [5, 5.41) is 121. The minimum absolute atomic E-state index is 0.225. The topological polar surface area (TPSA) is 307 Å². The predicted molar refractivity (Wildman–Crippen MR) is 351 cm³/mol. The Labute approximate surface area is 541 Å². The number of carbonyl (C=O) groups excluding carboxylic acids is 1. The number of hydrogen-bond acceptors (Lipinski definition) is 18. The quantitative estimate of drug-likeness (QED) is 0.0199. The molecule has 0 aromatic rings. The third-order valence-electron chi connectivity index (χ3n) is 17.6. The van der Waals surface area contributed by atoms with E-state index in [1.54, 1.807) is 0 Å². The van der Waals surface area contributed by atoms with Crippen molar-refractivity contribution in [3.05, 3.63) is 60.8 Å². The van der Waals surface area contributed by atoms with Crippen LogP contribution in [0.1, 0.15) is 251 Å². The number of ether oxygens (including phenoxy) is 6. The van der Waals surface area contributed by atoms with Gasteiger partial charge >= 0.3 is 0 Å². The number of carbonyl (C=O) groups is 1. The highest BCUT2D eigenvalue weighted by Gasteiger charge is 2.53. The van der Waals surface area contributed by atoms with Crippen LogP contribution in [0.15, 0.2) is 60.8 Å². The number of nitrogens with one attached hydrogen (secondary N) is 1. The molecule has 3 aliphatic rings. The van der Waals surface area contributed by atoms with Crippen LogP contribution in [0.5, 0.6) is 0 Å². The molecule has 1 amide bonds. The van der Waals surface area contributed by atoms with Crippen LogP contribution in [0.25, 0.3) is 0 Å². The fraction of sp³-hybridized carbons (Fsp3) is 0.845. The molecule has 17 atom stereocenters. The fourth-order valence-corrected chi connectivity index (χ4v) is 11.9. The van der Waals surface area contributed by atoms with Crippen LogP contribution < -0.4 is 5.32 Å². The first-order valence-corrected chi connectivity index (χ1v) is 35.5. The third-order valence-corrected chi connectivity index (χ3v) is 17.6. The Morgan fingerprint density at radius 3 is 1.19 bits per heavy atom. The molecule has 17 unspecified atom stereocenters. The Morgan fingerprint density at radius 1 is 0.411 bits per heavy atom. The van der Waals surface area contributed by atoms with Gasteiger partial charge in [0.15, 0.2) is 18.9 Å². The molecule has 524 valence electrons. The standard InChI is InChI=1S/C71H127NO18/c1-3-5-7-9-11-13-15-17-19-21-23-24-25-26-27-28-29-31-32-34-36-38-40-42-44-46-48-55(76)54(72-59(77)49-47-45-43-41-39-37-35-33-30-22-20-18-16-14-12-10-8-6-4-2)53-85-69-65(83)62(80)67(57(51-74)87-69)90-71-66(84)63(81)68(58(52-75)88-71)89-70-64(82)61(79)60(78)56(50-73)86-70/h6,8,12,14,18,20,30,33,37,39,54-58,60-71,73-76,78-84H,3-5,7,9-11,13,15-17,19,21-29,31-32,34-36,38,40-53H2,1-2H3,(H,72,77)/b8-6-,14-12-,20-18-,33-30-,39-37-. The highest BCUT2D eigenvalue weighted by atomic mass is 16.8. The summed E-state index contributed by atoms with van der Waals surface area (Å²) in [6.45, 7) is 1.67. The summed E-state index contributed by atoms with van der Waals surface area (Å²) in [5.74, 6) is -0.273. The molecule has 0 radical (unpaired) electrons. The zero-order valence-corrected chi connectivity index (χ0v) is 55.4. The average molecular weight is 1280 g/mol. The summed E-state index contributed by atoms with van der Waals surface area (Å²) in [5.41, 5.74) is 0. The lowest BCUT2D eigenvalue weighted by Crippen LogP contribution is -2.66. The number of amides is 1. The second kappa shape index (κ2) is 52.7. The van der Waals surface area contributed by atoms with Crippen molar-refractivity contribution in [3.8, 4) is 0 Å². The Balaban J connectivity index is 1.43. The molecule has 19 heteroatoms. The molecule has 0 aromatic carbocycles. The molecular weight excluding hydrogens is 1150 g/mol. The number of aliphatic hydroxyl groups excluding tert-OH is 11. The van der Waals surface area contributed by atoms with Gasteiger partial charge in [0.2, 0.25) is 5.91 Å². The van der Waals surface area contributed by atoms with E-state index in [2.05, 4.69) is 79.9 Å². The van der Waals surface area contributed by atoms with E-state index in [0.29, 0.717) is 12.8 Å². The first kappa shape index (κ1) is 81.7. The SMILES string of the molecule is CC/C=C\C/C=C\C/C=C\C/C=C\C/C=C\CCCCCC(=O)NC(COC1OC(CO)C(OC2OC(CO)C(OC3OC(CO)C(O)C(O)C3O)C(O)C2O)C(O)C1O)C(O)CCCCCCCCCCCCCCCCCCCCCCCCCCCC. The summed E-state index contributed by atoms with van der Waals surface area (Å²) < 4.78 is 34.4. The van der Waals surface area contributed by atoms with E-state index in [-0.39, 0.29) is 18.9 Å². The maximum absolute atomic E-state index is 13.4. The molecule has 0 aliphatic carbocycles. The van der Waals surface area contributed by atoms with Crippen LogP contribution >= 0.6 is 0 Å². The van der Waals surface area contributed by atoms with Crippen molar-refractivity contribution in [3.63, 3.8) is 0 Å². The van der Waals surface area contributed by atoms with E-state index in [1.165, 1.54) is 141 Å². The lowest BCUT2D eigenvalue weighted by atomic mass is 9.96. The molecule has 3 saturated heterocycles. The van der Waals surface area contributed by atoms with Gasteiger partial charge in [-0.15, -0.1) is 0 Å². The van der Waals surface area contributed by atoms with Crippen LogP contribution in [-0.4, -0.2) is 193 Å². The second-order valence-electron chi connectivity index (χ2n) is 25.3. The molecule has 12 N–H and O–H groups in total. The molecule has 0 bridgehead atoms. The van der Waals surface area contributed by atoms with Crippen LogP contribution in [0.2, 0.25) is 0 Å². The van der Waals surface area contributed by atoms with Gasteiger partial charge in [-0.3, -0.25) is 4.79 Å². The molecule has 90 heavy (non-hydrogen) atoms. The molecule has 0 aromatic heterocycles. The molecule has 0 saturated carbocycles. The normalized spacial score (nSPS) is 28.4. The van der Waals surface area contributed by atoms with Crippen LogP contribution in [0.3, 0.4) is 0 Å². The highest BCUT2D eigenvalue weighted by molar-refractivity contribution is 5.76. The second-order valence-corrected chi connectivity index (χ2v) is 25.3. The Hall–Kier alpha value is -2.51. The van der Waals surface area contributed by atoms with Gasteiger partial charge in [0.1, 0.15) is 73.2 Å². The van der Waals surface area contributed by atoms with E-state index in [1.807, 2.05) is 0 Å². The highest BCUT2D eigenvalue weighted by Crippen LogP contribution is 2.33. The molecule has 0 spiro atoms. The van der Waals surface area contributed by atoms with Gasteiger partial charge in [0.05, 0.1) is 38.6 Å². The van der Waals surface area contributed by atoms with Crippen molar-refractivity contribution >= 4 is 5.91 Å². The summed E-state index contributed by atoms with van der Waals surface area (Å²) in [6, 6.07) is -0.909. The number of rotatable bonds is 54. The first-order chi connectivity index (χ1) is 43.8. The zero-order valence-electron chi connectivity index (χ0n) is 55.4. The molecular formula is C71H127NO18. The van der Waals surface area contributed by atoms with Crippen molar-refractivity contribution in [1.29, 1.82) is 0 Å². The maximum atomic E-state index is 13.4. The van der Waals surface area contributed by atoms with Gasteiger partial charge in [0.25, 0.3) is 0 Å². The van der Waals surface area contributed by atoms with E-state index >= 15 is 0 Å². The van der Waals surface area contributed by atoms with Gasteiger partial charge in [-0.05, 0) is 57.8 Å². The van der Waals surface area contributed by atoms with E-state index in [9.17, 15) is 61.0 Å². The van der Waals surface area contributed by atoms with E-state index < -0.39 is 124 Å². The molecule has 3 fully saturated rings. The van der Waals surface area contributed by atoms with Crippen molar-refractivity contribution < 1.29 is 89.4 Å². The summed E-state index contributed by atoms with van der Waals surface area (Å²) in [6.07, 6.45) is 37.3. The van der Waals surface area contributed by atoms with Crippen molar-refractivity contribution in [2.75, 3.05) is 26.4 Å². The monoisotopic (exact) mass is 1280 g/mol. The van der Waals surface area contributed by atoms with Crippen LogP contribution in [-0.2, 0) is 33.2 Å². The molecule has 3 rings (SSSR count). The summed E-state index contributed by atoms with van der Waals surface area (Å²) >= 11 is 0. The lowest BCUT2D eigenvalue weighted by Gasteiger charge is -2.48. The van der Waals surface area contributed by atoms with Crippen molar-refractivity contribution in [2.24, 2.45) is 0 Å². The molecule has 19 nitrogen and oxygen atoms in total. The number of unbranched alkanes of at least 4 members (excludes halogenated alkanes) is 28. The molecule has 3 aliphatic heterocycles. The smallest absolute Gasteiger partial charge is 0.220 e. The number of allylic oxidation sites excluding steroid dienone is 10. The van der Waals surface area contributed by atoms with Gasteiger partial charge in [-0.2, -0.15) is 0 Å². The van der Waals surface area contributed by atoms with Crippen LogP contribution in [0, 0.1) is 0 Å². The van der Waals surface area contributed by atoms with Gasteiger partial charge in [-0.25, -0.2) is 0 Å². The van der Waals surface area contributed by atoms with Crippen LogP contribution in [0.4, 0.5) is 0 Å². The Morgan fingerprint density at radius 2 is 0.767 bits per heavy atom. The zero-order chi connectivity index (χ0) is 65.4. The average Bonchev–Trinajstić information content (AvgIpc) is 0.846. The van der Waals surface area contributed by atoms with E-state index in [0.717, 1.165) is 77.0 Å². The van der Waals surface area contributed by atoms with Crippen molar-refractivity contribution in [1.82, 2.24) is 5.32 Å². The van der Waals surface area contributed by atoms with Crippen molar-refractivity contribution in [2.45, 2.75) is 356 Å². The summed E-state index contributed by atoms with van der Waals surface area (Å²) in [4.78, 5) is 13.4. The number of hydrogen-bond donors (Lipinski definition) is 12. The fourth-order valence-electron chi connectivity index (χ4n) is 11.9. The van der Waals surface area contributed by atoms with Gasteiger partial charge in [-0.1, -0.05) is 248 Å². The minimum Gasteiger partial charge on any atom is -0.394 e. The maximum Gasteiger partial charge on any atom is 0.220 e. The molecule has 3 heterocycles. The first-order valence-electron chi connectivity index (χ1n) is 35.5.